The summed E-state index contributed by atoms with van der Waals surface area (Å²) in [7, 11) is 0. The average molecular weight is 248 g/mol. The first-order chi connectivity index (χ1) is 8.20. The predicted octanol–water partition coefficient (Wildman–Crippen LogP) is 4.14. The van der Waals surface area contributed by atoms with E-state index in [1.54, 1.807) is 24.3 Å². The molecule has 2 aromatic rings. The lowest BCUT2D eigenvalue weighted by Gasteiger charge is -2.07. The Hall–Kier alpha value is -2.05. The van der Waals surface area contributed by atoms with Crippen LogP contribution in [0.25, 0.3) is 0 Å². The monoisotopic (exact) mass is 247 g/mol. The van der Waals surface area contributed by atoms with Crippen molar-refractivity contribution in [3.63, 3.8) is 0 Å². The maximum Gasteiger partial charge on any atom is 0.184 e. The minimum Gasteiger partial charge on any atom is -0.454 e. The van der Waals surface area contributed by atoms with Crippen LogP contribution in [-0.4, -0.2) is 0 Å². The lowest BCUT2D eigenvalue weighted by Crippen LogP contribution is -1.89. The van der Waals surface area contributed by atoms with Gasteiger partial charge in [-0.3, -0.25) is 0 Å². The highest BCUT2D eigenvalue weighted by Gasteiger charge is 2.08. The van der Waals surface area contributed by atoms with Gasteiger partial charge < -0.3 is 4.74 Å². The molecular formula is C13H7ClFNO. The molecule has 17 heavy (non-hydrogen) atoms. The zero-order valence-corrected chi connectivity index (χ0v) is 9.41. The molecule has 0 fully saturated rings. The largest absolute Gasteiger partial charge is 0.454 e. The Morgan fingerprint density at radius 2 is 1.94 bits per heavy atom. The Labute approximate surface area is 103 Å². The maximum atomic E-state index is 13.5. The first kappa shape index (κ1) is 11.4. The topological polar surface area (TPSA) is 33.0 Å². The normalized spacial score (nSPS) is 9.71. The van der Waals surface area contributed by atoms with E-state index in [0.717, 1.165) is 0 Å². The van der Waals surface area contributed by atoms with Crippen LogP contribution in [0, 0.1) is 17.1 Å². The van der Waals surface area contributed by atoms with Crippen LogP contribution in [0.5, 0.6) is 11.5 Å². The van der Waals surface area contributed by atoms with E-state index >= 15 is 0 Å². The Morgan fingerprint density at radius 1 is 1.18 bits per heavy atom. The molecule has 0 atom stereocenters. The summed E-state index contributed by atoms with van der Waals surface area (Å²) in [4.78, 5) is 0. The van der Waals surface area contributed by atoms with Gasteiger partial charge in [-0.25, -0.2) is 4.39 Å². The third kappa shape index (κ3) is 2.55. The van der Waals surface area contributed by atoms with Crippen LogP contribution in [0.3, 0.4) is 0 Å². The van der Waals surface area contributed by atoms with Crippen LogP contribution < -0.4 is 4.74 Å². The molecule has 0 unspecified atom stereocenters. The van der Waals surface area contributed by atoms with Gasteiger partial charge in [0, 0.05) is 0 Å². The summed E-state index contributed by atoms with van der Waals surface area (Å²) in [5, 5.41) is 8.73. The average Bonchev–Trinajstić information content (AvgIpc) is 2.35. The SMILES string of the molecule is N#Cc1cccc(Oc2cccc(Cl)c2F)c1. The van der Waals surface area contributed by atoms with E-state index in [-0.39, 0.29) is 10.8 Å². The summed E-state index contributed by atoms with van der Waals surface area (Å²) >= 11 is 5.63. The van der Waals surface area contributed by atoms with Crippen molar-refractivity contribution in [2.24, 2.45) is 0 Å². The molecule has 0 bridgehead atoms. The van der Waals surface area contributed by atoms with Crippen LogP contribution in [-0.2, 0) is 0 Å². The number of nitrogens with zero attached hydrogens (tertiary/aromatic N) is 1. The van der Waals surface area contributed by atoms with E-state index in [1.165, 1.54) is 18.2 Å². The molecule has 0 amide bonds. The first-order valence-electron chi connectivity index (χ1n) is 4.83. The molecule has 0 spiro atoms. The van der Waals surface area contributed by atoms with Crippen molar-refractivity contribution in [3.8, 4) is 17.6 Å². The number of nitriles is 1. The first-order valence-corrected chi connectivity index (χ1v) is 5.20. The molecule has 0 aliphatic carbocycles. The number of hydrogen-bond donors (Lipinski definition) is 0. The van der Waals surface area contributed by atoms with E-state index < -0.39 is 5.82 Å². The third-order valence-corrected chi connectivity index (χ3v) is 2.40. The zero-order chi connectivity index (χ0) is 12.3. The van der Waals surface area contributed by atoms with Gasteiger partial charge in [0.25, 0.3) is 0 Å². The van der Waals surface area contributed by atoms with Crippen molar-refractivity contribution in [2.45, 2.75) is 0 Å². The van der Waals surface area contributed by atoms with Crippen LogP contribution >= 0.6 is 11.6 Å². The third-order valence-electron chi connectivity index (χ3n) is 2.11. The molecule has 4 heteroatoms. The summed E-state index contributed by atoms with van der Waals surface area (Å²) in [6.07, 6.45) is 0. The van der Waals surface area contributed by atoms with Crippen molar-refractivity contribution in [3.05, 3.63) is 58.9 Å². The fourth-order valence-corrected chi connectivity index (χ4v) is 1.48. The summed E-state index contributed by atoms with van der Waals surface area (Å²) in [6, 6.07) is 13.0. The van der Waals surface area contributed by atoms with E-state index in [1.807, 2.05) is 6.07 Å². The van der Waals surface area contributed by atoms with E-state index in [2.05, 4.69) is 0 Å². The second kappa shape index (κ2) is 4.86. The summed E-state index contributed by atoms with van der Waals surface area (Å²) in [5.41, 5.74) is 0.449. The highest BCUT2D eigenvalue weighted by Crippen LogP contribution is 2.28. The number of halogens is 2. The van der Waals surface area contributed by atoms with Gasteiger partial charge in [-0.15, -0.1) is 0 Å². The maximum absolute atomic E-state index is 13.5. The Bertz CT molecular complexity index is 592. The lowest BCUT2D eigenvalue weighted by molar-refractivity contribution is 0.442. The molecule has 0 aliphatic rings. The van der Waals surface area contributed by atoms with Crippen LogP contribution in [0.4, 0.5) is 4.39 Å². The van der Waals surface area contributed by atoms with Crippen molar-refractivity contribution >= 4 is 11.6 Å². The van der Waals surface area contributed by atoms with Crippen molar-refractivity contribution < 1.29 is 9.13 Å². The Balaban J connectivity index is 2.32. The van der Waals surface area contributed by atoms with Gasteiger partial charge >= 0.3 is 0 Å². The van der Waals surface area contributed by atoms with Gasteiger partial charge in [0.1, 0.15) is 5.75 Å². The number of ether oxygens (including phenoxy) is 1. The van der Waals surface area contributed by atoms with E-state index in [4.69, 9.17) is 21.6 Å². The Morgan fingerprint density at radius 3 is 2.71 bits per heavy atom. The van der Waals surface area contributed by atoms with Crippen molar-refractivity contribution in [1.82, 2.24) is 0 Å². The lowest BCUT2D eigenvalue weighted by atomic mass is 10.2. The fraction of sp³-hybridized carbons (Fsp3) is 0. The molecule has 0 saturated heterocycles. The summed E-state index contributed by atoms with van der Waals surface area (Å²) in [6.45, 7) is 0. The fourth-order valence-electron chi connectivity index (χ4n) is 1.32. The minimum atomic E-state index is -0.614. The molecule has 0 N–H and O–H groups in total. The van der Waals surface area contributed by atoms with Gasteiger partial charge in [-0.1, -0.05) is 23.7 Å². The standard InChI is InChI=1S/C13H7ClFNO/c14-11-5-2-6-12(13(11)15)17-10-4-1-3-9(7-10)8-16/h1-7H. The predicted molar refractivity (Wildman–Crippen MR) is 62.6 cm³/mol. The van der Waals surface area contributed by atoms with Crippen molar-refractivity contribution in [1.29, 1.82) is 5.26 Å². The second-order valence-corrected chi connectivity index (χ2v) is 3.70. The molecule has 2 aromatic carbocycles. The van der Waals surface area contributed by atoms with E-state index in [9.17, 15) is 4.39 Å². The molecule has 0 saturated carbocycles. The highest BCUT2D eigenvalue weighted by atomic mass is 35.5. The number of hydrogen-bond acceptors (Lipinski definition) is 2. The summed E-state index contributed by atoms with van der Waals surface area (Å²) in [5.74, 6) is -0.186. The van der Waals surface area contributed by atoms with Gasteiger partial charge in [0.15, 0.2) is 11.6 Å². The minimum absolute atomic E-state index is 0.000984. The van der Waals surface area contributed by atoms with Crippen molar-refractivity contribution in [2.75, 3.05) is 0 Å². The molecule has 0 heterocycles. The smallest absolute Gasteiger partial charge is 0.184 e. The second-order valence-electron chi connectivity index (χ2n) is 3.29. The molecular weight excluding hydrogens is 241 g/mol. The Kier molecular flexibility index (Phi) is 3.27. The van der Waals surface area contributed by atoms with E-state index in [0.29, 0.717) is 11.3 Å². The van der Waals surface area contributed by atoms with Crippen LogP contribution in [0.15, 0.2) is 42.5 Å². The highest BCUT2D eigenvalue weighted by molar-refractivity contribution is 6.30. The van der Waals surface area contributed by atoms with Gasteiger partial charge in [-0.05, 0) is 30.3 Å². The number of benzene rings is 2. The zero-order valence-electron chi connectivity index (χ0n) is 8.65. The molecule has 84 valence electrons. The van der Waals surface area contributed by atoms with Gasteiger partial charge in [0.2, 0.25) is 0 Å². The van der Waals surface area contributed by atoms with Crippen LogP contribution in [0.2, 0.25) is 5.02 Å². The van der Waals surface area contributed by atoms with Crippen LogP contribution in [0.1, 0.15) is 5.56 Å². The molecule has 0 aromatic heterocycles. The van der Waals surface area contributed by atoms with Gasteiger partial charge in [-0.2, -0.15) is 5.26 Å². The molecule has 0 radical (unpaired) electrons. The quantitative estimate of drug-likeness (QED) is 0.799. The number of rotatable bonds is 2. The molecule has 2 rings (SSSR count). The van der Waals surface area contributed by atoms with Gasteiger partial charge in [0.05, 0.1) is 16.7 Å². The summed E-state index contributed by atoms with van der Waals surface area (Å²) < 4.78 is 18.9. The molecule has 2 nitrogen and oxygen atoms in total. The molecule has 0 aliphatic heterocycles.